The fourth-order valence-electron chi connectivity index (χ4n) is 4.42. The summed E-state index contributed by atoms with van der Waals surface area (Å²) in [6.07, 6.45) is 3.12. The van der Waals surface area contributed by atoms with Gasteiger partial charge in [0.1, 0.15) is 30.3 Å². The van der Waals surface area contributed by atoms with Crippen LogP contribution in [0.2, 0.25) is 0 Å². The van der Waals surface area contributed by atoms with Crippen LogP contribution in [0.5, 0.6) is 5.75 Å². The van der Waals surface area contributed by atoms with Crippen LogP contribution < -0.4 is 26.1 Å². The number of rotatable bonds is 15. The lowest BCUT2D eigenvalue weighted by atomic mass is 9.84. The van der Waals surface area contributed by atoms with E-state index in [0.717, 1.165) is 35.6 Å². The number of oxime groups is 1. The van der Waals surface area contributed by atoms with Gasteiger partial charge in [0.2, 0.25) is 6.33 Å². The van der Waals surface area contributed by atoms with E-state index in [1.165, 1.54) is 19.2 Å². The van der Waals surface area contributed by atoms with Gasteiger partial charge in [0, 0.05) is 10.9 Å². The number of β-lactam (4-membered cyclic amide) rings is 1. The second-order valence-corrected chi connectivity index (χ2v) is 12.5. The molecule has 2 amide bonds. The quantitative estimate of drug-likeness (QED) is 0.0445. The van der Waals surface area contributed by atoms with Gasteiger partial charge in [-0.05, 0) is 51.1 Å². The molecule has 46 heavy (non-hydrogen) atoms. The fraction of sp³-hybridized carbons (Fsp3) is 0.385. The van der Waals surface area contributed by atoms with E-state index < -0.39 is 58.2 Å². The lowest BCUT2D eigenvalue weighted by molar-refractivity contribution is -0.696. The zero-order valence-corrected chi connectivity index (χ0v) is 26.5. The maximum absolute atomic E-state index is 13.2. The fourth-order valence-corrected chi connectivity index (χ4v) is 5.42. The summed E-state index contributed by atoms with van der Waals surface area (Å²) < 4.78 is 45.0. The number of nitrogen functional groups attached to an aromatic ring is 1. The normalized spacial score (nSPS) is 16.9. The molecule has 3 aromatic rings. The number of carboxylic acids is 1. The minimum atomic E-state index is -5.01. The lowest BCUT2D eigenvalue weighted by Crippen LogP contribution is -2.76. The van der Waals surface area contributed by atoms with Crippen LogP contribution >= 0.6 is 11.3 Å². The highest BCUT2D eigenvalue weighted by molar-refractivity contribution is 7.80. The summed E-state index contributed by atoms with van der Waals surface area (Å²) in [5.74, 6) is -3.11. The Bertz CT molecular complexity index is 1740. The number of imidazole rings is 1. The number of aromatic nitrogens is 3. The predicted octanol–water partition coefficient (Wildman–Crippen LogP) is -0.540. The third kappa shape index (κ3) is 7.95. The number of thiazole rings is 1. The number of aryl methyl sites for hydroxylation is 2. The van der Waals surface area contributed by atoms with Crippen molar-refractivity contribution in [2.45, 2.75) is 44.5 Å². The van der Waals surface area contributed by atoms with Crippen LogP contribution in [0, 0.1) is 0 Å². The van der Waals surface area contributed by atoms with Crippen molar-refractivity contribution in [1.82, 2.24) is 19.9 Å². The Kier molecular flexibility index (Phi) is 10.3. The van der Waals surface area contributed by atoms with Crippen molar-refractivity contribution >= 4 is 50.4 Å². The highest BCUT2D eigenvalue weighted by atomic mass is 32.3. The molecule has 0 spiro atoms. The number of nitrogens with zero attached hydrogens (tertiary/aromatic N) is 5. The summed E-state index contributed by atoms with van der Waals surface area (Å²) in [5, 5.41) is 17.6. The molecule has 0 saturated carbocycles. The number of ether oxygens (including phenoxy) is 1. The maximum atomic E-state index is 13.2. The Labute approximate surface area is 267 Å². The number of benzene rings is 1. The zero-order valence-electron chi connectivity index (χ0n) is 24.9. The highest BCUT2D eigenvalue weighted by Gasteiger charge is 2.58. The van der Waals surface area contributed by atoms with Crippen LogP contribution in [0.15, 0.2) is 47.3 Å². The Morgan fingerprint density at radius 1 is 1.28 bits per heavy atom. The molecule has 1 fully saturated rings. The number of carbonyl (C=O) groups is 3. The van der Waals surface area contributed by atoms with E-state index in [1.54, 1.807) is 12.1 Å². The van der Waals surface area contributed by atoms with E-state index in [0.29, 0.717) is 17.4 Å². The third-order valence-corrected chi connectivity index (χ3v) is 7.82. The number of hydrogen-bond donors (Lipinski definition) is 5. The first-order valence-corrected chi connectivity index (χ1v) is 15.8. The van der Waals surface area contributed by atoms with Crippen LogP contribution in [0.4, 0.5) is 5.13 Å². The minimum Gasteiger partial charge on any atom is -0.489 e. The second kappa shape index (κ2) is 13.8. The number of hydroxylamine groups is 2. The number of amides is 2. The van der Waals surface area contributed by atoms with Crippen molar-refractivity contribution in [3.8, 4) is 17.0 Å². The van der Waals surface area contributed by atoms with Gasteiger partial charge in [0.15, 0.2) is 16.5 Å². The highest BCUT2D eigenvalue weighted by Crippen LogP contribution is 2.33. The maximum Gasteiger partial charge on any atom is 0.418 e. The molecule has 2 aromatic heterocycles. The van der Waals surface area contributed by atoms with Crippen LogP contribution in [-0.2, 0) is 47.5 Å². The minimum absolute atomic E-state index is 0.0607. The van der Waals surface area contributed by atoms with Gasteiger partial charge in [0.05, 0.1) is 19.1 Å². The number of aliphatic carboxylic acids is 1. The van der Waals surface area contributed by atoms with Crippen LogP contribution in [0.3, 0.4) is 0 Å². The van der Waals surface area contributed by atoms with Crippen LogP contribution in [0.1, 0.15) is 26.0 Å². The van der Waals surface area contributed by atoms with Gasteiger partial charge in [-0.15, -0.1) is 15.6 Å². The molecule has 7 N–H and O–H groups in total. The van der Waals surface area contributed by atoms with E-state index in [2.05, 4.69) is 19.7 Å². The van der Waals surface area contributed by atoms with Crippen molar-refractivity contribution < 1.29 is 50.9 Å². The molecule has 1 aliphatic heterocycles. The van der Waals surface area contributed by atoms with Gasteiger partial charge in [-0.2, -0.15) is 13.5 Å². The summed E-state index contributed by atoms with van der Waals surface area (Å²) >= 11 is 0.961. The first-order chi connectivity index (χ1) is 21.6. The molecule has 0 unspecified atom stereocenters. The van der Waals surface area contributed by atoms with Crippen molar-refractivity contribution in [3.05, 3.63) is 47.9 Å². The monoisotopic (exact) mass is 681 g/mol. The third-order valence-electron chi connectivity index (χ3n) is 6.81. The average Bonchev–Trinajstić information content (AvgIpc) is 3.59. The molecule has 1 aliphatic rings. The first kappa shape index (κ1) is 34.2. The van der Waals surface area contributed by atoms with E-state index in [9.17, 15) is 27.9 Å². The van der Waals surface area contributed by atoms with E-state index in [-0.39, 0.29) is 10.8 Å². The van der Waals surface area contributed by atoms with Crippen molar-refractivity contribution in [2.75, 3.05) is 18.9 Å². The molecule has 18 nitrogen and oxygen atoms in total. The first-order valence-electron chi connectivity index (χ1n) is 13.6. The van der Waals surface area contributed by atoms with Crippen LogP contribution in [0.25, 0.3) is 11.3 Å². The zero-order chi connectivity index (χ0) is 33.8. The van der Waals surface area contributed by atoms with Crippen molar-refractivity contribution in [2.24, 2.45) is 17.9 Å². The molecule has 3 heterocycles. The second-order valence-electron chi connectivity index (χ2n) is 10.6. The molecule has 0 radical (unpaired) electrons. The molecule has 20 heteroatoms. The summed E-state index contributed by atoms with van der Waals surface area (Å²) in [4.78, 5) is 46.8. The molecule has 248 valence electrons. The molecule has 4 rings (SSSR count). The van der Waals surface area contributed by atoms with E-state index in [1.807, 2.05) is 40.8 Å². The average molecular weight is 682 g/mol. The molecule has 1 saturated heterocycles. The Morgan fingerprint density at radius 3 is 2.54 bits per heavy atom. The molecule has 0 aliphatic carbocycles. The SMILES string of the molecule is Cn1c[n+](CCCN)cc1-c1ccc(OC[C@H](O/N=C(\C(=O)N[C@@H]2C(=O)N(OS(=O)(=O)O)C2(C)C)c2csc(N)n2)C(=O)O)cc1. The van der Waals surface area contributed by atoms with Gasteiger partial charge in [-0.25, -0.2) is 18.9 Å². The van der Waals surface area contributed by atoms with E-state index >= 15 is 0 Å². The van der Waals surface area contributed by atoms with Gasteiger partial charge in [0.25, 0.3) is 17.9 Å². The molecular weight excluding hydrogens is 648 g/mol. The molecule has 1 aromatic carbocycles. The summed E-state index contributed by atoms with van der Waals surface area (Å²) in [5.41, 5.74) is 11.1. The number of carbonyl (C=O) groups excluding carboxylic acids is 2. The van der Waals surface area contributed by atoms with Crippen molar-refractivity contribution in [1.29, 1.82) is 0 Å². The summed E-state index contributed by atoms with van der Waals surface area (Å²) in [6, 6.07) is 5.63. The Hall–Kier alpha value is -4.63. The summed E-state index contributed by atoms with van der Waals surface area (Å²) in [6.45, 7) is 3.60. The number of nitrogens with one attached hydrogen (secondary N) is 1. The number of anilines is 1. The van der Waals surface area contributed by atoms with Crippen LogP contribution in [-0.4, -0.2) is 87.0 Å². The summed E-state index contributed by atoms with van der Waals surface area (Å²) in [7, 11) is -3.10. The van der Waals surface area contributed by atoms with Gasteiger partial charge in [-0.3, -0.25) is 14.1 Å². The molecule has 2 atom stereocenters. The Balaban J connectivity index is 1.45. The van der Waals surface area contributed by atoms with Gasteiger partial charge >= 0.3 is 16.4 Å². The standard InChI is InChI=1S/C26H32N8O10S2/c1-26(2)21(23(36)34(26)44-46(39,40)41)30-22(35)20(17-13-45-25(28)29-17)31-43-19(24(37)38)12-42-16-7-5-15(6-8-16)18-11-33(10-4-9-27)14-32(18)3/h5-8,11,13-14,19,21H,4,9-10,12,27H2,1-3H3,(H4-,28,29,30,35,37,38,39,40,41)/p+1/b31-20-/t19-,21+/m0/s1. The van der Waals surface area contributed by atoms with Gasteiger partial charge < -0.3 is 31.5 Å². The number of nitrogens with two attached hydrogens (primary N) is 2. The molecule has 0 bridgehead atoms. The topological polar surface area (TPSA) is 255 Å². The van der Waals surface area contributed by atoms with Crippen molar-refractivity contribution in [3.63, 3.8) is 0 Å². The lowest BCUT2D eigenvalue weighted by Gasteiger charge is -2.50. The molecular formula is C26H33N8O10S2+. The number of hydrogen-bond acceptors (Lipinski definition) is 13. The Morgan fingerprint density at radius 2 is 1.98 bits per heavy atom. The van der Waals surface area contributed by atoms with E-state index in [4.69, 9.17) is 25.6 Å². The number of carboxylic acid groups (broad SMARTS) is 1. The predicted molar refractivity (Wildman–Crippen MR) is 161 cm³/mol. The smallest absolute Gasteiger partial charge is 0.418 e. The van der Waals surface area contributed by atoms with Gasteiger partial charge in [-0.1, -0.05) is 5.16 Å². The largest absolute Gasteiger partial charge is 0.489 e.